The van der Waals surface area contributed by atoms with Gasteiger partial charge in [0.15, 0.2) is 0 Å². The summed E-state index contributed by atoms with van der Waals surface area (Å²) in [5.41, 5.74) is 2.98. The van der Waals surface area contributed by atoms with Gasteiger partial charge in [0, 0.05) is 13.2 Å². The number of aryl methyl sites for hydroxylation is 3. The normalized spacial score (nSPS) is 16.5. The molecule has 1 unspecified atom stereocenters. The van der Waals surface area contributed by atoms with Crippen LogP contribution in [0, 0.1) is 26.7 Å². The Kier molecular flexibility index (Phi) is 4.01. The van der Waals surface area contributed by atoms with Crippen LogP contribution in [-0.4, -0.2) is 23.2 Å². The summed E-state index contributed by atoms with van der Waals surface area (Å²) in [6.45, 7) is 5.46. The van der Waals surface area contributed by atoms with Crippen LogP contribution < -0.4 is 4.72 Å². The highest BCUT2D eigenvalue weighted by atomic mass is 32.2. The van der Waals surface area contributed by atoms with Crippen molar-refractivity contribution in [2.24, 2.45) is 13.0 Å². The number of hydrogen-bond acceptors (Lipinski definition) is 4. The molecule has 2 aromatic rings. The molecule has 0 amide bonds. The Bertz CT molecular complexity index is 838. The van der Waals surface area contributed by atoms with Crippen LogP contribution in [0.4, 0.5) is 0 Å². The molecule has 6 nitrogen and oxygen atoms in total. The van der Waals surface area contributed by atoms with Gasteiger partial charge in [-0.15, -0.1) is 0 Å². The topological polar surface area (TPSA) is 76.9 Å². The van der Waals surface area contributed by atoms with Gasteiger partial charge in [0.1, 0.15) is 4.90 Å². The van der Waals surface area contributed by atoms with Gasteiger partial charge in [-0.1, -0.05) is 6.07 Å². The van der Waals surface area contributed by atoms with Crippen LogP contribution in [0.2, 0.25) is 0 Å². The largest absolute Gasteiger partial charge is 0.271 e. The highest BCUT2D eigenvalue weighted by Crippen LogP contribution is 2.42. The minimum Gasteiger partial charge on any atom is -0.271 e. The predicted molar refractivity (Wildman–Crippen MR) is 87.4 cm³/mol. The number of rotatable bonds is 5. The van der Waals surface area contributed by atoms with E-state index in [1.165, 1.54) is 0 Å². The van der Waals surface area contributed by atoms with Gasteiger partial charge in [0.25, 0.3) is 0 Å². The molecular formula is C16H22N4O2S. The lowest BCUT2D eigenvalue weighted by atomic mass is 10.1. The van der Waals surface area contributed by atoms with Crippen LogP contribution in [0.15, 0.2) is 23.2 Å². The maximum atomic E-state index is 12.9. The molecule has 1 saturated carbocycles. The molecule has 2 heterocycles. The molecule has 3 rings (SSSR count). The van der Waals surface area contributed by atoms with Crippen molar-refractivity contribution in [3.8, 4) is 0 Å². The number of hydrogen-bond donors (Lipinski definition) is 1. The van der Waals surface area contributed by atoms with Crippen LogP contribution in [-0.2, 0) is 17.1 Å². The lowest BCUT2D eigenvalue weighted by molar-refractivity contribution is 0.518. The minimum absolute atomic E-state index is 0.277. The maximum Gasteiger partial charge on any atom is 0.244 e. The Morgan fingerprint density at radius 3 is 2.52 bits per heavy atom. The summed E-state index contributed by atoms with van der Waals surface area (Å²) >= 11 is 0. The lowest BCUT2D eigenvalue weighted by Gasteiger charge is -2.19. The first kappa shape index (κ1) is 16.1. The Labute approximate surface area is 137 Å². The molecule has 0 aromatic carbocycles. The second-order valence-electron chi connectivity index (χ2n) is 6.27. The molecule has 0 saturated heterocycles. The molecule has 1 aliphatic carbocycles. The second kappa shape index (κ2) is 5.72. The van der Waals surface area contributed by atoms with E-state index in [1.54, 1.807) is 31.8 Å². The van der Waals surface area contributed by atoms with Crippen molar-refractivity contribution in [1.82, 2.24) is 19.5 Å². The van der Waals surface area contributed by atoms with E-state index in [4.69, 9.17) is 0 Å². The molecule has 1 fully saturated rings. The number of nitrogens with zero attached hydrogens (tertiary/aromatic N) is 3. The smallest absolute Gasteiger partial charge is 0.244 e. The average Bonchev–Trinajstić information content (AvgIpc) is 3.26. The van der Waals surface area contributed by atoms with Gasteiger partial charge in [0.2, 0.25) is 10.0 Å². The zero-order valence-corrected chi connectivity index (χ0v) is 14.7. The second-order valence-corrected chi connectivity index (χ2v) is 7.92. The van der Waals surface area contributed by atoms with Crippen molar-refractivity contribution >= 4 is 10.0 Å². The molecule has 1 atom stereocenters. The van der Waals surface area contributed by atoms with Gasteiger partial charge < -0.3 is 0 Å². The number of aromatic nitrogens is 3. The highest BCUT2D eigenvalue weighted by molar-refractivity contribution is 7.89. The van der Waals surface area contributed by atoms with Crippen LogP contribution in [0.25, 0.3) is 0 Å². The molecule has 0 bridgehead atoms. The van der Waals surface area contributed by atoms with E-state index in [0.717, 1.165) is 24.1 Å². The van der Waals surface area contributed by atoms with Gasteiger partial charge in [0.05, 0.1) is 23.1 Å². The lowest BCUT2D eigenvalue weighted by Crippen LogP contribution is -2.31. The summed E-state index contributed by atoms with van der Waals surface area (Å²) < 4.78 is 30.3. The summed E-state index contributed by atoms with van der Waals surface area (Å²) in [7, 11) is -1.89. The van der Waals surface area contributed by atoms with Gasteiger partial charge in [-0.2, -0.15) is 5.10 Å². The third-order valence-electron chi connectivity index (χ3n) is 4.43. The SMILES string of the molecule is Cc1cccnc1C(NS(=O)(=O)c1c(C)nn(C)c1C)C1CC1. The summed E-state index contributed by atoms with van der Waals surface area (Å²) in [4.78, 5) is 4.70. The van der Waals surface area contributed by atoms with Crippen molar-refractivity contribution in [1.29, 1.82) is 0 Å². The molecule has 0 aliphatic heterocycles. The summed E-state index contributed by atoms with van der Waals surface area (Å²) in [5.74, 6) is 0.315. The van der Waals surface area contributed by atoms with Crippen molar-refractivity contribution in [2.45, 2.75) is 44.6 Å². The fourth-order valence-electron chi connectivity index (χ4n) is 3.00. The molecule has 7 heteroatoms. The van der Waals surface area contributed by atoms with Crippen molar-refractivity contribution in [3.63, 3.8) is 0 Å². The third-order valence-corrected chi connectivity index (χ3v) is 6.12. The van der Waals surface area contributed by atoms with Gasteiger partial charge >= 0.3 is 0 Å². The molecule has 124 valence electrons. The first-order chi connectivity index (χ1) is 10.8. The van der Waals surface area contributed by atoms with Crippen molar-refractivity contribution in [3.05, 3.63) is 41.0 Å². The molecule has 0 radical (unpaired) electrons. The molecule has 1 aliphatic rings. The third kappa shape index (κ3) is 3.03. The van der Waals surface area contributed by atoms with Gasteiger partial charge in [-0.25, -0.2) is 13.1 Å². The molecular weight excluding hydrogens is 312 g/mol. The molecule has 0 spiro atoms. The Morgan fingerprint density at radius 2 is 2.00 bits per heavy atom. The first-order valence-electron chi connectivity index (χ1n) is 7.75. The molecule has 2 aromatic heterocycles. The summed E-state index contributed by atoms with van der Waals surface area (Å²) in [6.07, 6.45) is 3.76. The van der Waals surface area contributed by atoms with Crippen LogP contribution >= 0.6 is 0 Å². The van der Waals surface area contributed by atoms with E-state index < -0.39 is 10.0 Å². The quantitative estimate of drug-likeness (QED) is 0.909. The van der Waals surface area contributed by atoms with E-state index in [0.29, 0.717) is 17.3 Å². The van der Waals surface area contributed by atoms with Crippen LogP contribution in [0.5, 0.6) is 0 Å². The fraction of sp³-hybridized carbons (Fsp3) is 0.500. The van der Waals surface area contributed by atoms with Crippen LogP contribution in [0.3, 0.4) is 0 Å². The Hall–Kier alpha value is -1.73. The zero-order chi connectivity index (χ0) is 16.8. The first-order valence-corrected chi connectivity index (χ1v) is 9.23. The summed E-state index contributed by atoms with van der Waals surface area (Å²) in [5, 5.41) is 4.22. The van der Waals surface area contributed by atoms with E-state index in [2.05, 4.69) is 14.8 Å². The highest BCUT2D eigenvalue weighted by Gasteiger charge is 2.38. The van der Waals surface area contributed by atoms with Gasteiger partial charge in [-0.05, 0) is 51.2 Å². The predicted octanol–water partition coefficient (Wildman–Crippen LogP) is 2.17. The van der Waals surface area contributed by atoms with Crippen molar-refractivity contribution in [2.75, 3.05) is 0 Å². The van der Waals surface area contributed by atoms with Gasteiger partial charge in [-0.3, -0.25) is 9.67 Å². The molecule has 23 heavy (non-hydrogen) atoms. The number of pyridine rings is 1. The standard InChI is InChI=1S/C16H22N4O2S/c1-10-6-5-9-17-14(10)15(13-7-8-13)19-23(21,22)16-11(2)18-20(4)12(16)3/h5-6,9,13,15,19H,7-8H2,1-4H3. The van der Waals surface area contributed by atoms with E-state index in [1.807, 2.05) is 19.1 Å². The zero-order valence-electron chi connectivity index (χ0n) is 13.9. The number of sulfonamides is 1. The minimum atomic E-state index is -3.64. The Morgan fingerprint density at radius 1 is 1.30 bits per heavy atom. The average molecular weight is 334 g/mol. The molecule has 1 N–H and O–H groups in total. The van der Waals surface area contributed by atoms with Crippen molar-refractivity contribution < 1.29 is 8.42 Å². The monoisotopic (exact) mass is 334 g/mol. The van der Waals surface area contributed by atoms with E-state index >= 15 is 0 Å². The number of nitrogens with one attached hydrogen (secondary N) is 1. The van der Waals surface area contributed by atoms with Crippen LogP contribution in [0.1, 0.15) is 41.5 Å². The maximum absolute atomic E-state index is 12.9. The fourth-order valence-corrected chi connectivity index (χ4v) is 4.70. The Balaban J connectivity index is 1.99. The van der Waals surface area contributed by atoms with E-state index in [-0.39, 0.29) is 10.9 Å². The van der Waals surface area contributed by atoms with E-state index in [9.17, 15) is 8.42 Å². The summed E-state index contributed by atoms with van der Waals surface area (Å²) in [6, 6.07) is 3.56.